The van der Waals surface area contributed by atoms with Gasteiger partial charge in [-0.15, -0.1) is 6.58 Å². The Morgan fingerprint density at radius 1 is 1.10 bits per heavy atom. The second kappa shape index (κ2) is 5.51. The molecule has 2 nitrogen and oxygen atoms in total. The quantitative estimate of drug-likeness (QED) is 0.542. The molecule has 0 saturated heterocycles. The van der Waals surface area contributed by atoms with E-state index in [0.29, 0.717) is 0 Å². The van der Waals surface area contributed by atoms with E-state index in [4.69, 9.17) is 0 Å². The highest BCUT2D eigenvalue weighted by Crippen LogP contribution is 2.29. The second-order valence-corrected chi connectivity index (χ2v) is 5.03. The molecule has 0 aliphatic carbocycles. The standard InChI is InChI=1S/C18H20N2/c1-3-11-19-13-14-9-10-18-16(12-14)15-7-5-6-8-17(15)20(18)4-2/h3,5-10,12,19H,1,4,11,13H2,2H3. The van der Waals surface area contributed by atoms with Crippen LogP contribution < -0.4 is 5.32 Å². The van der Waals surface area contributed by atoms with Crippen LogP contribution in [0.3, 0.4) is 0 Å². The van der Waals surface area contributed by atoms with Gasteiger partial charge in [-0.2, -0.15) is 0 Å². The highest BCUT2D eigenvalue weighted by molar-refractivity contribution is 6.08. The van der Waals surface area contributed by atoms with Gasteiger partial charge in [0.2, 0.25) is 0 Å². The van der Waals surface area contributed by atoms with E-state index in [0.717, 1.165) is 19.6 Å². The van der Waals surface area contributed by atoms with Crippen molar-refractivity contribution in [2.75, 3.05) is 6.54 Å². The summed E-state index contributed by atoms with van der Waals surface area (Å²) in [4.78, 5) is 0. The SMILES string of the molecule is C=CCNCc1ccc2c(c1)c1ccccc1n2CC. The fraction of sp³-hybridized carbons (Fsp3) is 0.222. The van der Waals surface area contributed by atoms with Crippen LogP contribution in [0.2, 0.25) is 0 Å². The number of hydrogen-bond acceptors (Lipinski definition) is 1. The number of benzene rings is 2. The molecule has 0 bridgehead atoms. The lowest BCUT2D eigenvalue weighted by Gasteiger charge is -2.05. The van der Waals surface area contributed by atoms with Crippen molar-refractivity contribution in [3.63, 3.8) is 0 Å². The first-order valence-corrected chi connectivity index (χ1v) is 7.16. The predicted octanol–water partition coefficient (Wildman–Crippen LogP) is 4.09. The second-order valence-electron chi connectivity index (χ2n) is 5.03. The van der Waals surface area contributed by atoms with E-state index in [9.17, 15) is 0 Å². The van der Waals surface area contributed by atoms with Gasteiger partial charge in [0.1, 0.15) is 0 Å². The first-order chi connectivity index (χ1) is 9.85. The van der Waals surface area contributed by atoms with Crippen molar-refractivity contribution in [1.82, 2.24) is 9.88 Å². The molecule has 0 amide bonds. The van der Waals surface area contributed by atoms with Crippen LogP contribution in [0.25, 0.3) is 21.8 Å². The summed E-state index contributed by atoms with van der Waals surface area (Å²) in [6.07, 6.45) is 1.89. The number of hydrogen-bond donors (Lipinski definition) is 1. The third-order valence-corrected chi connectivity index (χ3v) is 3.77. The van der Waals surface area contributed by atoms with Crippen molar-refractivity contribution in [3.8, 4) is 0 Å². The molecule has 1 N–H and O–H groups in total. The summed E-state index contributed by atoms with van der Waals surface area (Å²) in [7, 11) is 0. The smallest absolute Gasteiger partial charge is 0.0491 e. The summed E-state index contributed by atoms with van der Waals surface area (Å²) in [5.41, 5.74) is 3.96. The lowest BCUT2D eigenvalue weighted by molar-refractivity contribution is 0.761. The van der Waals surface area contributed by atoms with Gasteiger partial charge in [-0.1, -0.05) is 30.3 Å². The van der Waals surface area contributed by atoms with E-state index < -0.39 is 0 Å². The van der Waals surface area contributed by atoms with Crippen molar-refractivity contribution in [1.29, 1.82) is 0 Å². The zero-order valence-corrected chi connectivity index (χ0v) is 11.9. The number of nitrogens with one attached hydrogen (secondary N) is 1. The lowest BCUT2D eigenvalue weighted by Crippen LogP contribution is -2.12. The summed E-state index contributed by atoms with van der Waals surface area (Å²) in [6.45, 7) is 8.65. The first kappa shape index (κ1) is 12.9. The molecule has 2 aromatic carbocycles. The van der Waals surface area contributed by atoms with Crippen LogP contribution in [-0.2, 0) is 13.1 Å². The Kier molecular flexibility index (Phi) is 3.57. The van der Waals surface area contributed by atoms with E-state index in [1.807, 2.05) is 6.08 Å². The highest BCUT2D eigenvalue weighted by Gasteiger charge is 2.09. The molecule has 0 radical (unpaired) electrons. The van der Waals surface area contributed by atoms with E-state index in [2.05, 4.69) is 65.9 Å². The Balaban J connectivity index is 2.13. The van der Waals surface area contributed by atoms with Crippen LogP contribution in [0.4, 0.5) is 0 Å². The van der Waals surface area contributed by atoms with Gasteiger partial charge in [0, 0.05) is 41.4 Å². The van der Waals surface area contributed by atoms with Gasteiger partial charge in [-0.05, 0) is 30.7 Å². The Bertz CT molecular complexity index is 753. The van der Waals surface area contributed by atoms with Crippen molar-refractivity contribution in [3.05, 3.63) is 60.7 Å². The zero-order valence-electron chi connectivity index (χ0n) is 11.9. The van der Waals surface area contributed by atoms with Crippen LogP contribution in [0.15, 0.2) is 55.1 Å². The molecule has 102 valence electrons. The van der Waals surface area contributed by atoms with E-state index in [-0.39, 0.29) is 0 Å². The van der Waals surface area contributed by atoms with Gasteiger partial charge in [-0.25, -0.2) is 0 Å². The Labute approximate surface area is 119 Å². The van der Waals surface area contributed by atoms with Crippen molar-refractivity contribution in [2.45, 2.75) is 20.0 Å². The average molecular weight is 264 g/mol. The summed E-state index contributed by atoms with van der Waals surface area (Å²) in [6, 6.07) is 15.4. The third-order valence-electron chi connectivity index (χ3n) is 3.77. The molecule has 0 saturated carbocycles. The predicted molar refractivity (Wildman–Crippen MR) is 87.0 cm³/mol. The minimum absolute atomic E-state index is 0.842. The van der Waals surface area contributed by atoms with Gasteiger partial charge in [0.15, 0.2) is 0 Å². The Hall–Kier alpha value is -2.06. The van der Waals surface area contributed by atoms with Crippen LogP contribution in [0.1, 0.15) is 12.5 Å². The molecule has 0 unspecified atom stereocenters. The third kappa shape index (κ3) is 2.12. The van der Waals surface area contributed by atoms with Crippen LogP contribution >= 0.6 is 0 Å². The maximum atomic E-state index is 3.73. The normalized spacial score (nSPS) is 11.2. The van der Waals surface area contributed by atoms with Crippen molar-refractivity contribution in [2.24, 2.45) is 0 Å². The first-order valence-electron chi connectivity index (χ1n) is 7.16. The maximum Gasteiger partial charge on any atom is 0.0491 e. The highest BCUT2D eigenvalue weighted by atomic mass is 15.0. The number of rotatable bonds is 5. The number of fused-ring (bicyclic) bond motifs is 3. The summed E-state index contributed by atoms with van der Waals surface area (Å²) >= 11 is 0. The maximum absolute atomic E-state index is 3.73. The van der Waals surface area contributed by atoms with Gasteiger partial charge in [0.05, 0.1) is 0 Å². The molecule has 0 atom stereocenters. The molecule has 3 aromatic rings. The molecule has 20 heavy (non-hydrogen) atoms. The fourth-order valence-electron chi connectivity index (χ4n) is 2.87. The molecule has 0 aliphatic rings. The summed E-state index contributed by atoms with van der Waals surface area (Å²) < 4.78 is 2.38. The summed E-state index contributed by atoms with van der Waals surface area (Å²) in [5, 5.41) is 6.05. The summed E-state index contributed by atoms with van der Waals surface area (Å²) in [5.74, 6) is 0. The molecule has 2 heteroatoms. The largest absolute Gasteiger partial charge is 0.341 e. The fourth-order valence-corrected chi connectivity index (χ4v) is 2.87. The minimum atomic E-state index is 0.842. The lowest BCUT2D eigenvalue weighted by atomic mass is 10.1. The Morgan fingerprint density at radius 3 is 2.70 bits per heavy atom. The minimum Gasteiger partial charge on any atom is -0.341 e. The number of aryl methyl sites for hydroxylation is 1. The van der Waals surface area contributed by atoms with Gasteiger partial charge < -0.3 is 9.88 Å². The van der Waals surface area contributed by atoms with Gasteiger partial charge in [0.25, 0.3) is 0 Å². The van der Waals surface area contributed by atoms with Crippen LogP contribution in [-0.4, -0.2) is 11.1 Å². The monoisotopic (exact) mass is 264 g/mol. The van der Waals surface area contributed by atoms with Crippen LogP contribution in [0.5, 0.6) is 0 Å². The zero-order chi connectivity index (χ0) is 13.9. The number of para-hydroxylation sites is 1. The van der Waals surface area contributed by atoms with Gasteiger partial charge >= 0.3 is 0 Å². The van der Waals surface area contributed by atoms with E-state index >= 15 is 0 Å². The molecular weight excluding hydrogens is 244 g/mol. The molecule has 0 aliphatic heterocycles. The number of aromatic nitrogens is 1. The number of nitrogens with zero attached hydrogens (tertiary/aromatic N) is 1. The van der Waals surface area contributed by atoms with Crippen molar-refractivity contribution < 1.29 is 0 Å². The molecule has 0 spiro atoms. The Morgan fingerprint density at radius 2 is 1.90 bits per heavy atom. The van der Waals surface area contributed by atoms with E-state index in [1.165, 1.54) is 27.4 Å². The molecule has 0 fully saturated rings. The average Bonchev–Trinajstić information content (AvgIpc) is 2.81. The molecule has 1 aromatic heterocycles. The van der Waals surface area contributed by atoms with Crippen molar-refractivity contribution >= 4 is 21.8 Å². The van der Waals surface area contributed by atoms with Gasteiger partial charge in [-0.3, -0.25) is 0 Å². The van der Waals surface area contributed by atoms with Crippen LogP contribution in [0, 0.1) is 0 Å². The molecule has 3 rings (SSSR count). The molecule has 1 heterocycles. The topological polar surface area (TPSA) is 17.0 Å². The van der Waals surface area contributed by atoms with E-state index in [1.54, 1.807) is 0 Å². The molecular formula is C18H20N2.